The van der Waals surface area contributed by atoms with Crippen LogP contribution >= 0.6 is 15.9 Å². The molecule has 1 aliphatic rings. The smallest absolute Gasteiger partial charge is 0.130 e. The number of phenolic OH excluding ortho intramolecular Hbond substituents is 1. The lowest BCUT2D eigenvalue weighted by Crippen LogP contribution is -2.07. The summed E-state index contributed by atoms with van der Waals surface area (Å²) in [6.07, 6.45) is 3.44. The average molecular weight is 257 g/mol. The van der Waals surface area contributed by atoms with Crippen LogP contribution < -0.4 is 0 Å². The van der Waals surface area contributed by atoms with Gasteiger partial charge in [-0.15, -0.1) is 0 Å². The molecule has 0 aliphatic heterocycles. The molecule has 0 aromatic heterocycles. The molecule has 1 aromatic rings. The number of hydrogen-bond acceptors (Lipinski definition) is 2. The third-order valence-corrected chi connectivity index (χ3v) is 3.66. The number of phenols is 1. The van der Waals surface area contributed by atoms with Crippen LogP contribution in [-0.4, -0.2) is 15.8 Å². The lowest BCUT2D eigenvalue weighted by molar-refractivity contribution is 0.140. The lowest BCUT2D eigenvalue weighted by Gasteiger charge is -2.09. The van der Waals surface area contributed by atoms with Crippen molar-refractivity contribution in [2.24, 2.45) is 0 Å². The van der Waals surface area contributed by atoms with E-state index in [-0.39, 0.29) is 5.75 Å². The first-order valence-electron chi connectivity index (χ1n) is 4.79. The molecule has 0 unspecified atom stereocenters. The molecule has 1 fully saturated rings. The Kier molecular flexibility index (Phi) is 2.54. The van der Waals surface area contributed by atoms with Crippen LogP contribution in [0.2, 0.25) is 0 Å². The van der Waals surface area contributed by atoms with Gasteiger partial charge in [0.25, 0.3) is 0 Å². The Morgan fingerprint density at radius 1 is 1.36 bits per heavy atom. The zero-order valence-corrected chi connectivity index (χ0v) is 9.42. The maximum Gasteiger partial charge on any atom is 0.130 e. The normalized spacial score (nSPS) is 18.1. The summed E-state index contributed by atoms with van der Waals surface area (Å²) in [4.78, 5) is 0. The Morgan fingerprint density at radius 2 is 2.07 bits per heavy atom. The Balaban J connectivity index is 2.05. The van der Waals surface area contributed by atoms with Crippen molar-refractivity contribution in [3.63, 3.8) is 0 Å². The van der Waals surface area contributed by atoms with Gasteiger partial charge >= 0.3 is 0 Å². The van der Waals surface area contributed by atoms with E-state index < -0.39 is 5.60 Å². The van der Waals surface area contributed by atoms with Crippen molar-refractivity contribution >= 4 is 15.9 Å². The Bertz CT molecular complexity index is 345. The largest absolute Gasteiger partial charge is 0.507 e. The first-order valence-corrected chi connectivity index (χ1v) is 5.59. The SMILES string of the molecule is Oc1cccc(CCC2(O)CC2)c1Br. The molecule has 1 saturated carbocycles. The summed E-state index contributed by atoms with van der Waals surface area (Å²) in [5.41, 5.74) is 0.649. The van der Waals surface area contributed by atoms with Crippen molar-refractivity contribution in [1.82, 2.24) is 0 Å². The van der Waals surface area contributed by atoms with Gasteiger partial charge in [-0.2, -0.15) is 0 Å². The van der Waals surface area contributed by atoms with Crippen molar-refractivity contribution in [1.29, 1.82) is 0 Å². The van der Waals surface area contributed by atoms with Gasteiger partial charge in [-0.25, -0.2) is 0 Å². The molecule has 2 nitrogen and oxygen atoms in total. The Hall–Kier alpha value is -0.540. The Labute approximate surface area is 91.7 Å². The minimum absolute atomic E-state index is 0.269. The first-order chi connectivity index (χ1) is 6.61. The van der Waals surface area contributed by atoms with Gasteiger partial charge in [0.2, 0.25) is 0 Å². The summed E-state index contributed by atoms with van der Waals surface area (Å²) < 4.78 is 0.754. The number of rotatable bonds is 3. The van der Waals surface area contributed by atoms with E-state index >= 15 is 0 Å². The van der Waals surface area contributed by atoms with Gasteiger partial charge in [0, 0.05) is 0 Å². The van der Waals surface area contributed by atoms with Gasteiger partial charge in [-0.05, 0) is 53.2 Å². The fraction of sp³-hybridized carbons (Fsp3) is 0.455. The topological polar surface area (TPSA) is 40.5 Å². The zero-order valence-electron chi connectivity index (χ0n) is 7.83. The molecule has 0 radical (unpaired) electrons. The van der Waals surface area contributed by atoms with Crippen molar-refractivity contribution in [3.8, 4) is 5.75 Å². The molecular weight excluding hydrogens is 244 g/mol. The van der Waals surface area contributed by atoms with Crippen LogP contribution in [0.15, 0.2) is 22.7 Å². The molecular formula is C11H13BrO2. The van der Waals surface area contributed by atoms with E-state index in [9.17, 15) is 10.2 Å². The molecule has 0 spiro atoms. The van der Waals surface area contributed by atoms with Crippen LogP contribution in [0.5, 0.6) is 5.75 Å². The van der Waals surface area contributed by atoms with Crippen LogP contribution in [-0.2, 0) is 6.42 Å². The van der Waals surface area contributed by atoms with Crippen LogP contribution in [0.1, 0.15) is 24.8 Å². The zero-order chi connectivity index (χ0) is 10.2. The van der Waals surface area contributed by atoms with Gasteiger partial charge in [-0.1, -0.05) is 12.1 Å². The Morgan fingerprint density at radius 3 is 2.71 bits per heavy atom. The van der Waals surface area contributed by atoms with E-state index in [1.807, 2.05) is 12.1 Å². The molecule has 76 valence electrons. The minimum Gasteiger partial charge on any atom is -0.507 e. The molecule has 2 rings (SSSR count). The predicted octanol–water partition coefficient (Wildman–Crippen LogP) is 2.61. The highest BCUT2D eigenvalue weighted by Crippen LogP contribution is 2.40. The number of aliphatic hydroxyl groups is 1. The van der Waals surface area contributed by atoms with Crippen molar-refractivity contribution in [2.75, 3.05) is 0 Å². The average Bonchev–Trinajstić information content (AvgIpc) is 2.88. The lowest BCUT2D eigenvalue weighted by atomic mass is 10.1. The summed E-state index contributed by atoms with van der Waals surface area (Å²) in [7, 11) is 0. The highest BCUT2D eigenvalue weighted by Gasteiger charge is 2.39. The van der Waals surface area contributed by atoms with Crippen molar-refractivity contribution in [3.05, 3.63) is 28.2 Å². The number of benzene rings is 1. The molecule has 2 N–H and O–H groups in total. The number of aromatic hydroxyl groups is 1. The van der Waals surface area contributed by atoms with Crippen LogP contribution in [0.4, 0.5) is 0 Å². The van der Waals surface area contributed by atoms with Gasteiger partial charge in [0.15, 0.2) is 0 Å². The maximum absolute atomic E-state index is 9.67. The summed E-state index contributed by atoms with van der Waals surface area (Å²) in [5, 5.41) is 19.1. The molecule has 1 aliphatic carbocycles. The highest BCUT2D eigenvalue weighted by molar-refractivity contribution is 9.10. The second-order valence-electron chi connectivity index (χ2n) is 3.97. The van der Waals surface area contributed by atoms with Gasteiger partial charge in [0.05, 0.1) is 10.1 Å². The van der Waals surface area contributed by atoms with Crippen LogP contribution in [0.25, 0.3) is 0 Å². The second-order valence-corrected chi connectivity index (χ2v) is 4.77. The van der Waals surface area contributed by atoms with Crippen LogP contribution in [0, 0.1) is 0 Å². The molecule has 0 bridgehead atoms. The molecule has 0 saturated heterocycles. The standard InChI is InChI=1S/C11H13BrO2/c12-10-8(2-1-3-9(10)13)4-5-11(14)6-7-11/h1-3,13-14H,4-7H2. The fourth-order valence-electron chi connectivity index (χ4n) is 1.52. The van der Waals surface area contributed by atoms with E-state index in [4.69, 9.17) is 0 Å². The summed E-state index contributed by atoms with van der Waals surface area (Å²) >= 11 is 3.34. The monoisotopic (exact) mass is 256 g/mol. The van der Waals surface area contributed by atoms with E-state index in [2.05, 4.69) is 15.9 Å². The van der Waals surface area contributed by atoms with Gasteiger partial charge < -0.3 is 10.2 Å². The van der Waals surface area contributed by atoms with E-state index in [1.54, 1.807) is 6.07 Å². The summed E-state index contributed by atoms with van der Waals surface area (Å²) in [6.45, 7) is 0. The quantitative estimate of drug-likeness (QED) is 0.873. The van der Waals surface area contributed by atoms with Gasteiger partial charge in [-0.3, -0.25) is 0 Å². The van der Waals surface area contributed by atoms with Crippen molar-refractivity contribution in [2.45, 2.75) is 31.3 Å². The summed E-state index contributed by atoms with van der Waals surface area (Å²) in [5.74, 6) is 0.269. The molecule has 0 heterocycles. The van der Waals surface area contributed by atoms with E-state index in [0.717, 1.165) is 35.7 Å². The third kappa shape index (κ3) is 2.10. The minimum atomic E-state index is -0.412. The second kappa shape index (κ2) is 3.55. The van der Waals surface area contributed by atoms with Crippen molar-refractivity contribution < 1.29 is 10.2 Å². The van der Waals surface area contributed by atoms with E-state index in [1.165, 1.54) is 0 Å². The predicted molar refractivity (Wildman–Crippen MR) is 58.3 cm³/mol. The molecule has 14 heavy (non-hydrogen) atoms. The van der Waals surface area contributed by atoms with E-state index in [0.29, 0.717) is 0 Å². The molecule has 0 amide bonds. The van der Waals surface area contributed by atoms with Crippen LogP contribution in [0.3, 0.4) is 0 Å². The third-order valence-electron chi connectivity index (χ3n) is 2.75. The summed E-state index contributed by atoms with van der Waals surface area (Å²) in [6, 6.07) is 5.45. The molecule has 3 heteroatoms. The molecule has 0 atom stereocenters. The number of hydrogen-bond donors (Lipinski definition) is 2. The number of halogens is 1. The maximum atomic E-state index is 9.67. The number of aryl methyl sites for hydroxylation is 1. The fourth-order valence-corrected chi connectivity index (χ4v) is 1.98. The molecule has 1 aromatic carbocycles. The highest BCUT2D eigenvalue weighted by atomic mass is 79.9. The van der Waals surface area contributed by atoms with Gasteiger partial charge in [0.1, 0.15) is 5.75 Å². The first kappa shape index (κ1) is 9.99.